The van der Waals surface area contributed by atoms with E-state index in [1.165, 1.54) is 24.5 Å². The van der Waals surface area contributed by atoms with Gasteiger partial charge in [-0.1, -0.05) is 0 Å². The average molecular weight is 350 g/mol. The number of carbonyl (C=O) groups is 1. The van der Waals surface area contributed by atoms with Crippen molar-refractivity contribution in [2.45, 2.75) is 6.36 Å². The topological polar surface area (TPSA) is 51.5 Å². The minimum atomic E-state index is -4.74. The molecule has 0 aliphatic heterocycles. The van der Waals surface area contributed by atoms with Crippen molar-refractivity contribution in [3.8, 4) is 5.75 Å². The fourth-order valence-corrected chi connectivity index (χ4v) is 1.81. The molecule has 0 radical (unpaired) electrons. The molecule has 0 saturated carbocycles. The monoisotopic (exact) mass is 349 g/mol. The van der Waals surface area contributed by atoms with Gasteiger partial charge >= 0.3 is 6.36 Å². The van der Waals surface area contributed by atoms with Crippen molar-refractivity contribution in [2.24, 2.45) is 0 Å². The number of halogens is 4. The van der Waals surface area contributed by atoms with Crippen LogP contribution in [0.15, 0.2) is 45.7 Å². The Bertz CT molecular complexity index is 607. The van der Waals surface area contributed by atoms with Gasteiger partial charge < -0.3 is 14.5 Å². The zero-order chi connectivity index (χ0) is 14.8. The van der Waals surface area contributed by atoms with Gasteiger partial charge in [-0.15, -0.1) is 13.2 Å². The maximum atomic E-state index is 12.0. The quantitative estimate of drug-likeness (QED) is 0.903. The van der Waals surface area contributed by atoms with Crippen LogP contribution in [0.3, 0.4) is 0 Å². The number of anilines is 1. The number of amides is 1. The molecule has 2 rings (SSSR count). The van der Waals surface area contributed by atoms with Crippen molar-refractivity contribution in [1.29, 1.82) is 0 Å². The fraction of sp³-hybridized carbons (Fsp3) is 0.0833. The molecule has 20 heavy (non-hydrogen) atoms. The van der Waals surface area contributed by atoms with Gasteiger partial charge in [-0.25, -0.2) is 0 Å². The Labute approximate surface area is 119 Å². The van der Waals surface area contributed by atoms with E-state index in [0.29, 0.717) is 5.69 Å². The summed E-state index contributed by atoms with van der Waals surface area (Å²) in [4.78, 5) is 11.8. The normalized spacial score (nSPS) is 11.2. The van der Waals surface area contributed by atoms with Gasteiger partial charge in [-0.2, -0.15) is 0 Å². The average Bonchev–Trinajstić information content (AvgIpc) is 2.76. The Morgan fingerprint density at radius 2 is 1.85 bits per heavy atom. The number of alkyl halides is 3. The highest BCUT2D eigenvalue weighted by molar-refractivity contribution is 9.10. The smallest absolute Gasteiger partial charge is 0.457 e. The molecular formula is C12H7BrF3NO3. The highest BCUT2D eigenvalue weighted by Gasteiger charge is 2.30. The predicted molar refractivity (Wildman–Crippen MR) is 67.5 cm³/mol. The number of carbonyl (C=O) groups excluding carboxylic acids is 1. The number of nitrogens with one attached hydrogen (secondary N) is 1. The van der Waals surface area contributed by atoms with Crippen molar-refractivity contribution < 1.29 is 27.1 Å². The molecule has 0 aliphatic rings. The summed E-state index contributed by atoms with van der Waals surface area (Å²) in [5.74, 6) is -0.810. The van der Waals surface area contributed by atoms with E-state index in [2.05, 4.69) is 26.0 Å². The fourth-order valence-electron chi connectivity index (χ4n) is 1.39. The highest BCUT2D eigenvalue weighted by Crippen LogP contribution is 2.24. The van der Waals surface area contributed by atoms with Gasteiger partial charge in [-0.05, 0) is 46.3 Å². The Hall–Kier alpha value is -1.96. The van der Waals surface area contributed by atoms with Crippen molar-refractivity contribution in [3.63, 3.8) is 0 Å². The minimum Gasteiger partial charge on any atom is -0.457 e. The lowest BCUT2D eigenvalue weighted by Gasteiger charge is -2.09. The van der Waals surface area contributed by atoms with E-state index >= 15 is 0 Å². The molecule has 0 saturated heterocycles. The molecule has 1 N–H and O–H groups in total. The van der Waals surface area contributed by atoms with Crippen LogP contribution in [-0.2, 0) is 0 Å². The third-order valence-corrected chi connectivity index (χ3v) is 2.82. The third-order valence-electron chi connectivity index (χ3n) is 2.21. The number of hydrogen-bond acceptors (Lipinski definition) is 3. The van der Waals surface area contributed by atoms with Gasteiger partial charge in [0.2, 0.25) is 0 Å². The van der Waals surface area contributed by atoms with Crippen LogP contribution in [-0.4, -0.2) is 12.3 Å². The predicted octanol–water partition coefficient (Wildman–Crippen LogP) is 4.19. The molecule has 0 spiro atoms. The first-order chi connectivity index (χ1) is 9.35. The number of ether oxygens (including phenoxy) is 1. The third kappa shape index (κ3) is 3.77. The Balaban J connectivity index is 2.04. The van der Waals surface area contributed by atoms with Crippen LogP contribution in [0.25, 0.3) is 0 Å². The lowest BCUT2D eigenvalue weighted by molar-refractivity contribution is -0.274. The Morgan fingerprint density at radius 1 is 1.20 bits per heavy atom. The van der Waals surface area contributed by atoms with Gasteiger partial charge in [-0.3, -0.25) is 4.79 Å². The second-order valence-electron chi connectivity index (χ2n) is 3.63. The first-order valence-corrected chi connectivity index (χ1v) is 6.04. The van der Waals surface area contributed by atoms with Crippen molar-refractivity contribution in [1.82, 2.24) is 0 Å². The summed E-state index contributed by atoms with van der Waals surface area (Å²) in [7, 11) is 0. The zero-order valence-corrected chi connectivity index (χ0v) is 11.3. The molecule has 8 heteroatoms. The lowest BCUT2D eigenvalue weighted by atomic mass is 10.2. The highest BCUT2D eigenvalue weighted by atomic mass is 79.9. The second-order valence-corrected chi connectivity index (χ2v) is 4.35. The zero-order valence-electron chi connectivity index (χ0n) is 9.70. The number of furan rings is 1. The number of rotatable bonds is 3. The van der Waals surface area contributed by atoms with Gasteiger partial charge in [0.05, 0.1) is 11.8 Å². The summed E-state index contributed by atoms with van der Waals surface area (Å²) in [6.07, 6.45) is -3.41. The van der Waals surface area contributed by atoms with Crippen LogP contribution in [0.2, 0.25) is 0 Å². The molecule has 1 heterocycles. The summed E-state index contributed by atoms with van der Waals surface area (Å²) in [5.41, 5.74) is 0.609. The summed E-state index contributed by atoms with van der Waals surface area (Å²) in [5, 5.41) is 2.51. The molecule has 0 bridgehead atoms. The Morgan fingerprint density at radius 3 is 2.35 bits per heavy atom. The first-order valence-electron chi connectivity index (χ1n) is 5.25. The minimum absolute atomic E-state index is 0.270. The van der Waals surface area contributed by atoms with Crippen molar-refractivity contribution in [2.75, 3.05) is 5.32 Å². The van der Waals surface area contributed by atoms with E-state index < -0.39 is 12.3 Å². The molecule has 1 aromatic carbocycles. The van der Waals surface area contributed by atoms with E-state index in [0.717, 1.165) is 12.1 Å². The maximum Gasteiger partial charge on any atom is 0.573 e. The molecule has 106 valence electrons. The van der Waals surface area contributed by atoms with Crippen LogP contribution < -0.4 is 10.1 Å². The molecule has 4 nitrogen and oxygen atoms in total. The molecule has 0 unspecified atom stereocenters. The first kappa shape index (κ1) is 14.4. The van der Waals surface area contributed by atoms with Crippen LogP contribution >= 0.6 is 15.9 Å². The van der Waals surface area contributed by atoms with Crippen LogP contribution in [0.5, 0.6) is 5.75 Å². The van der Waals surface area contributed by atoms with Gasteiger partial charge in [0, 0.05) is 5.69 Å². The maximum absolute atomic E-state index is 12.0. The van der Waals surface area contributed by atoms with E-state index in [1.54, 1.807) is 0 Å². The standard InChI is InChI=1S/C12H7BrF3NO3/c13-10-9(5-6-19-10)11(18)17-7-1-3-8(4-2-7)20-12(14,15)16/h1-6H,(H,17,18). The molecule has 1 aromatic heterocycles. The largest absolute Gasteiger partial charge is 0.573 e. The van der Waals surface area contributed by atoms with E-state index in [-0.39, 0.29) is 16.0 Å². The van der Waals surface area contributed by atoms with E-state index in [1.807, 2.05) is 0 Å². The van der Waals surface area contributed by atoms with Crippen LogP contribution in [0.1, 0.15) is 10.4 Å². The summed E-state index contributed by atoms with van der Waals surface area (Å²) >= 11 is 3.05. The van der Waals surface area contributed by atoms with Gasteiger partial charge in [0.1, 0.15) is 5.75 Å². The lowest BCUT2D eigenvalue weighted by Crippen LogP contribution is -2.17. The molecule has 0 fully saturated rings. The molecule has 0 atom stereocenters. The molecular weight excluding hydrogens is 343 g/mol. The van der Waals surface area contributed by atoms with E-state index in [4.69, 9.17) is 4.42 Å². The second kappa shape index (κ2) is 5.58. The molecule has 0 aliphatic carbocycles. The van der Waals surface area contributed by atoms with Gasteiger partial charge in [0.25, 0.3) is 5.91 Å². The van der Waals surface area contributed by atoms with E-state index in [9.17, 15) is 18.0 Å². The SMILES string of the molecule is O=C(Nc1ccc(OC(F)(F)F)cc1)c1ccoc1Br. The molecule has 1 amide bonds. The number of benzene rings is 1. The number of hydrogen-bond donors (Lipinski definition) is 1. The summed E-state index contributed by atoms with van der Waals surface area (Å²) in [6.45, 7) is 0. The summed E-state index contributed by atoms with van der Waals surface area (Å²) in [6, 6.07) is 6.27. The van der Waals surface area contributed by atoms with Crippen LogP contribution in [0.4, 0.5) is 18.9 Å². The van der Waals surface area contributed by atoms with Crippen LogP contribution in [0, 0.1) is 0 Å². The molecule has 2 aromatic rings. The van der Waals surface area contributed by atoms with Gasteiger partial charge in [0.15, 0.2) is 4.67 Å². The summed E-state index contributed by atoms with van der Waals surface area (Å²) < 4.78 is 44.8. The Kier molecular flexibility index (Phi) is 4.03. The van der Waals surface area contributed by atoms with Crippen molar-refractivity contribution in [3.05, 3.63) is 46.8 Å². The van der Waals surface area contributed by atoms with Crippen molar-refractivity contribution >= 4 is 27.5 Å².